The lowest BCUT2D eigenvalue weighted by molar-refractivity contribution is 0.0600. The zero-order chi connectivity index (χ0) is 20.1. The molecule has 7 heteroatoms. The Morgan fingerprint density at radius 2 is 1.72 bits per heavy atom. The molecule has 2 heterocycles. The van der Waals surface area contributed by atoms with E-state index >= 15 is 0 Å². The summed E-state index contributed by atoms with van der Waals surface area (Å²) in [5.41, 5.74) is 1.25. The Bertz CT molecular complexity index is 1020. The van der Waals surface area contributed by atoms with Gasteiger partial charge in [-0.15, -0.1) is 0 Å². The van der Waals surface area contributed by atoms with Gasteiger partial charge in [-0.2, -0.15) is 0 Å². The van der Waals surface area contributed by atoms with Crippen LogP contribution in [0.5, 0.6) is 17.2 Å². The second-order valence-electron chi connectivity index (χ2n) is 6.27. The van der Waals surface area contributed by atoms with E-state index in [4.69, 9.17) is 14.3 Å². The number of carbonyl (C=O) groups excluding carboxylic acids is 1. The number of benzene rings is 2. The molecule has 0 saturated heterocycles. The molecule has 146 valence electrons. The molecule has 0 amide bonds. The number of aromatic nitrogens is 1. The van der Waals surface area contributed by atoms with Crippen LogP contribution in [0.25, 0.3) is 0 Å². The van der Waals surface area contributed by atoms with E-state index in [1.54, 1.807) is 6.07 Å². The quantitative estimate of drug-likeness (QED) is 0.596. The molecular formula is C22H18N2O5. The minimum atomic E-state index is -0.483. The summed E-state index contributed by atoms with van der Waals surface area (Å²) in [4.78, 5) is 21.1. The van der Waals surface area contributed by atoms with Crippen molar-refractivity contribution in [1.29, 1.82) is 0 Å². The molecule has 0 N–H and O–H groups in total. The molecule has 7 nitrogen and oxygen atoms in total. The number of carbonyl (C=O) groups is 1. The second-order valence-corrected chi connectivity index (χ2v) is 6.27. The topological polar surface area (TPSA) is 79.2 Å². The first kappa shape index (κ1) is 18.5. The lowest BCUT2D eigenvalue weighted by Crippen LogP contribution is -2.09. The first-order valence-corrected chi connectivity index (χ1v) is 8.98. The molecule has 0 radical (unpaired) electrons. The molecular weight excluding hydrogens is 372 g/mol. The van der Waals surface area contributed by atoms with Gasteiger partial charge in [-0.25, -0.2) is 4.79 Å². The van der Waals surface area contributed by atoms with Crippen LogP contribution in [-0.4, -0.2) is 24.0 Å². The predicted octanol–water partition coefficient (Wildman–Crippen LogP) is 4.51. The van der Waals surface area contributed by atoms with Gasteiger partial charge in [0.2, 0.25) is 5.90 Å². The van der Waals surface area contributed by atoms with Gasteiger partial charge >= 0.3 is 5.97 Å². The van der Waals surface area contributed by atoms with Crippen LogP contribution in [0.4, 0.5) is 0 Å². The van der Waals surface area contributed by atoms with Crippen molar-refractivity contribution < 1.29 is 23.8 Å². The summed E-state index contributed by atoms with van der Waals surface area (Å²) in [7, 11) is 1.31. The van der Waals surface area contributed by atoms with Crippen LogP contribution < -0.4 is 9.47 Å². The van der Waals surface area contributed by atoms with Crippen LogP contribution in [0.3, 0.4) is 0 Å². The van der Waals surface area contributed by atoms with E-state index in [1.807, 2.05) is 54.6 Å². The Labute approximate surface area is 167 Å². The molecule has 1 unspecified atom stereocenters. The number of nitrogens with zero attached hydrogens (tertiary/aromatic N) is 2. The Kier molecular flexibility index (Phi) is 5.38. The monoisotopic (exact) mass is 390 g/mol. The minimum Gasteiger partial charge on any atom is -0.465 e. The first-order chi connectivity index (χ1) is 14.2. The van der Waals surface area contributed by atoms with Crippen molar-refractivity contribution >= 4 is 11.9 Å². The summed E-state index contributed by atoms with van der Waals surface area (Å²) >= 11 is 0. The van der Waals surface area contributed by atoms with Crippen molar-refractivity contribution in [3.8, 4) is 17.2 Å². The fourth-order valence-corrected chi connectivity index (χ4v) is 2.81. The number of esters is 1. The second kappa shape index (κ2) is 8.43. The van der Waals surface area contributed by atoms with Crippen LogP contribution in [0, 0.1) is 0 Å². The summed E-state index contributed by atoms with van der Waals surface area (Å²) < 4.78 is 16.2. The maximum atomic E-state index is 11.6. The number of pyridine rings is 1. The van der Waals surface area contributed by atoms with Crippen LogP contribution in [0.2, 0.25) is 0 Å². The third-order valence-electron chi connectivity index (χ3n) is 4.24. The first-order valence-electron chi connectivity index (χ1n) is 8.98. The fourth-order valence-electron chi connectivity index (χ4n) is 2.81. The minimum absolute atomic E-state index is 0.257. The summed E-state index contributed by atoms with van der Waals surface area (Å²) in [5.74, 6) is 1.83. The van der Waals surface area contributed by atoms with Gasteiger partial charge in [-0.05, 0) is 35.9 Å². The molecule has 0 spiro atoms. The SMILES string of the molecule is COC(=O)c1cncc(OC2=NOC(c3ccc(Oc4ccccc4)cc3)C2)c1. The molecule has 1 aromatic heterocycles. The van der Waals surface area contributed by atoms with Crippen molar-refractivity contribution in [3.63, 3.8) is 0 Å². The molecule has 0 fully saturated rings. The van der Waals surface area contributed by atoms with E-state index < -0.39 is 5.97 Å². The number of rotatable bonds is 5. The van der Waals surface area contributed by atoms with Crippen molar-refractivity contribution in [2.75, 3.05) is 7.11 Å². The highest BCUT2D eigenvalue weighted by atomic mass is 16.7. The average Bonchev–Trinajstić information content (AvgIpc) is 3.23. The molecule has 29 heavy (non-hydrogen) atoms. The number of para-hydroxylation sites is 1. The van der Waals surface area contributed by atoms with Gasteiger partial charge in [-0.3, -0.25) is 4.98 Å². The maximum absolute atomic E-state index is 11.6. The highest BCUT2D eigenvalue weighted by molar-refractivity contribution is 5.89. The Hall–Kier alpha value is -3.87. The van der Waals surface area contributed by atoms with Gasteiger partial charge in [0.25, 0.3) is 0 Å². The standard InChI is InChI=1S/C22H18N2O5/c1-26-22(25)16-11-19(14-23-13-16)28-21-12-20(29-24-21)15-7-9-18(10-8-15)27-17-5-3-2-4-6-17/h2-11,13-14,20H,12H2,1H3. The third-order valence-corrected chi connectivity index (χ3v) is 4.24. The van der Waals surface area contributed by atoms with Crippen molar-refractivity contribution in [2.45, 2.75) is 12.5 Å². The highest BCUT2D eigenvalue weighted by Gasteiger charge is 2.25. The molecule has 4 rings (SSSR count). The number of methoxy groups -OCH3 is 1. The molecule has 3 aromatic rings. The Morgan fingerprint density at radius 3 is 2.48 bits per heavy atom. The fraction of sp³-hybridized carbons (Fsp3) is 0.136. The maximum Gasteiger partial charge on any atom is 0.339 e. The van der Waals surface area contributed by atoms with E-state index in [1.165, 1.54) is 19.5 Å². The van der Waals surface area contributed by atoms with E-state index in [0.717, 1.165) is 17.1 Å². The van der Waals surface area contributed by atoms with Gasteiger partial charge in [0.05, 0.1) is 25.3 Å². The van der Waals surface area contributed by atoms with Crippen LogP contribution >= 0.6 is 0 Å². The van der Waals surface area contributed by atoms with Crippen molar-refractivity contribution in [2.24, 2.45) is 5.16 Å². The van der Waals surface area contributed by atoms with Crippen LogP contribution in [0.15, 0.2) is 78.2 Å². The summed E-state index contributed by atoms with van der Waals surface area (Å²) in [6.07, 6.45) is 3.11. The molecule has 2 aromatic carbocycles. The normalized spacial score (nSPS) is 15.2. The Morgan fingerprint density at radius 1 is 0.966 bits per heavy atom. The van der Waals surface area contributed by atoms with Gasteiger partial charge in [0, 0.05) is 6.20 Å². The highest BCUT2D eigenvalue weighted by Crippen LogP contribution is 2.30. The zero-order valence-corrected chi connectivity index (χ0v) is 15.6. The number of hydrogen-bond donors (Lipinski definition) is 0. The lowest BCUT2D eigenvalue weighted by atomic mass is 10.1. The predicted molar refractivity (Wildman–Crippen MR) is 105 cm³/mol. The Balaban J connectivity index is 1.36. The average molecular weight is 390 g/mol. The molecule has 1 atom stereocenters. The van der Waals surface area contributed by atoms with Crippen molar-refractivity contribution in [3.05, 3.63) is 84.2 Å². The van der Waals surface area contributed by atoms with Crippen LogP contribution in [-0.2, 0) is 9.57 Å². The van der Waals surface area contributed by atoms with Gasteiger partial charge in [0.1, 0.15) is 17.2 Å². The van der Waals surface area contributed by atoms with Crippen LogP contribution in [0.1, 0.15) is 28.4 Å². The molecule has 0 aliphatic carbocycles. The number of oxime groups is 1. The van der Waals surface area contributed by atoms with Gasteiger partial charge < -0.3 is 19.0 Å². The molecule has 0 bridgehead atoms. The van der Waals surface area contributed by atoms with Gasteiger partial charge in [0.15, 0.2) is 6.10 Å². The van der Waals surface area contributed by atoms with Crippen molar-refractivity contribution in [1.82, 2.24) is 4.98 Å². The third kappa shape index (κ3) is 4.52. The summed E-state index contributed by atoms with van der Waals surface area (Å²) in [6, 6.07) is 18.8. The zero-order valence-electron chi connectivity index (χ0n) is 15.6. The molecule has 0 saturated carbocycles. The molecule has 1 aliphatic heterocycles. The lowest BCUT2D eigenvalue weighted by Gasteiger charge is -2.10. The largest absolute Gasteiger partial charge is 0.465 e. The van der Waals surface area contributed by atoms with E-state index in [2.05, 4.69) is 14.9 Å². The number of hydrogen-bond acceptors (Lipinski definition) is 7. The van der Waals surface area contributed by atoms with E-state index in [0.29, 0.717) is 23.6 Å². The van der Waals surface area contributed by atoms with Gasteiger partial charge in [-0.1, -0.05) is 35.5 Å². The summed E-state index contributed by atoms with van der Waals surface area (Å²) in [5, 5.41) is 3.99. The smallest absolute Gasteiger partial charge is 0.339 e. The molecule has 1 aliphatic rings. The number of ether oxygens (including phenoxy) is 3. The summed E-state index contributed by atoms with van der Waals surface area (Å²) in [6.45, 7) is 0. The van der Waals surface area contributed by atoms with E-state index in [-0.39, 0.29) is 6.10 Å². The van der Waals surface area contributed by atoms with E-state index in [9.17, 15) is 4.79 Å².